The van der Waals surface area contributed by atoms with Gasteiger partial charge in [-0.25, -0.2) is 0 Å². The molecule has 1 heterocycles. The van der Waals surface area contributed by atoms with Gasteiger partial charge in [-0.05, 0) is 41.1 Å². The Morgan fingerprint density at radius 2 is 1.62 bits per heavy atom. The highest BCUT2D eigenvalue weighted by atomic mass is 28.3. The molecule has 0 amide bonds. The summed E-state index contributed by atoms with van der Waals surface area (Å²) in [4.78, 5) is 2.61. The highest BCUT2D eigenvalue weighted by Crippen LogP contribution is 2.45. The number of ether oxygens (including phenoxy) is 1. The molecule has 34 heavy (non-hydrogen) atoms. The number of hydrogen-bond donors (Lipinski definition) is 0. The summed E-state index contributed by atoms with van der Waals surface area (Å²) in [5.41, 5.74) is 8.65. The number of fused-ring (bicyclic) bond motifs is 1. The van der Waals surface area contributed by atoms with Gasteiger partial charge >= 0.3 is 0 Å². The summed E-state index contributed by atoms with van der Waals surface area (Å²) in [6.45, 7) is 11.9. The maximum Gasteiger partial charge on any atom is 0.130 e. The van der Waals surface area contributed by atoms with Crippen molar-refractivity contribution in [3.05, 3.63) is 108 Å². The fraction of sp³-hybridized carbons (Fsp3) is 0.290. The Morgan fingerprint density at radius 1 is 0.912 bits per heavy atom. The van der Waals surface area contributed by atoms with Crippen molar-refractivity contribution < 1.29 is 4.74 Å². The van der Waals surface area contributed by atoms with Crippen molar-refractivity contribution >= 4 is 13.8 Å². The minimum absolute atomic E-state index is 0.506. The van der Waals surface area contributed by atoms with Crippen LogP contribution in [-0.4, -0.2) is 32.7 Å². The van der Waals surface area contributed by atoms with E-state index < -0.39 is 8.07 Å². The SMILES string of the molecule is C=CCOc1c(C[Si](C)(C)C2C=C(N3CCCC3)c3ccccc32)cccc1-c1ccccc1. The normalized spacial score (nSPS) is 17.4. The van der Waals surface area contributed by atoms with E-state index in [-0.39, 0.29) is 0 Å². The minimum atomic E-state index is -1.76. The molecule has 0 spiro atoms. The van der Waals surface area contributed by atoms with E-state index in [1.54, 1.807) is 0 Å². The maximum absolute atomic E-state index is 6.33. The van der Waals surface area contributed by atoms with E-state index in [9.17, 15) is 0 Å². The molecule has 0 radical (unpaired) electrons. The topological polar surface area (TPSA) is 12.5 Å². The fourth-order valence-electron chi connectivity index (χ4n) is 5.70. The molecule has 0 bridgehead atoms. The molecule has 1 aliphatic carbocycles. The lowest BCUT2D eigenvalue weighted by Crippen LogP contribution is -2.36. The zero-order chi connectivity index (χ0) is 23.5. The molecule has 1 atom stereocenters. The zero-order valence-electron chi connectivity index (χ0n) is 20.5. The van der Waals surface area contributed by atoms with Gasteiger partial charge in [-0.2, -0.15) is 0 Å². The first-order valence-electron chi connectivity index (χ1n) is 12.6. The summed E-state index contributed by atoms with van der Waals surface area (Å²) < 4.78 is 6.33. The molecule has 3 aromatic rings. The summed E-state index contributed by atoms with van der Waals surface area (Å²) in [6.07, 6.45) is 7.06. The fourth-order valence-corrected chi connectivity index (χ4v) is 8.88. The number of hydrogen-bond acceptors (Lipinski definition) is 2. The predicted molar refractivity (Wildman–Crippen MR) is 147 cm³/mol. The Kier molecular flexibility index (Phi) is 6.47. The van der Waals surface area contributed by atoms with E-state index in [0.717, 1.165) is 11.8 Å². The van der Waals surface area contributed by atoms with Crippen molar-refractivity contribution in [2.24, 2.45) is 0 Å². The van der Waals surface area contributed by atoms with Gasteiger partial charge in [0.05, 0.1) is 8.07 Å². The molecule has 1 saturated heterocycles. The third-order valence-electron chi connectivity index (χ3n) is 7.36. The molecule has 3 heteroatoms. The summed E-state index contributed by atoms with van der Waals surface area (Å²) >= 11 is 0. The lowest BCUT2D eigenvalue weighted by Gasteiger charge is -2.30. The van der Waals surface area contributed by atoms with Crippen LogP contribution >= 0.6 is 0 Å². The van der Waals surface area contributed by atoms with E-state index >= 15 is 0 Å². The van der Waals surface area contributed by atoms with Crippen LogP contribution in [-0.2, 0) is 6.04 Å². The van der Waals surface area contributed by atoms with Gasteiger partial charge in [0.2, 0.25) is 0 Å². The first kappa shape index (κ1) is 22.7. The van der Waals surface area contributed by atoms with Crippen molar-refractivity contribution in [1.29, 1.82) is 0 Å². The highest BCUT2D eigenvalue weighted by molar-refractivity contribution is 6.79. The van der Waals surface area contributed by atoms with Crippen LogP contribution in [0.3, 0.4) is 0 Å². The second-order valence-corrected chi connectivity index (χ2v) is 15.2. The summed E-state index contributed by atoms with van der Waals surface area (Å²) in [7, 11) is -1.76. The van der Waals surface area contributed by atoms with Gasteiger partial charge in [0.15, 0.2) is 0 Å². The van der Waals surface area contributed by atoms with Crippen molar-refractivity contribution in [2.75, 3.05) is 19.7 Å². The second kappa shape index (κ2) is 9.67. The van der Waals surface area contributed by atoms with Crippen molar-refractivity contribution in [3.63, 3.8) is 0 Å². The van der Waals surface area contributed by atoms with Gasteiger partial charge in [-0.15, -0.1) is 0 Å². The largest absolute Gasteiger partial charge is 0.489 e. The molecule has 2 aliphatic rings. The number of nitrogens with zero attached hydrogens (tertiary/aromatic N) is 1. The van der Waals surface area contributed by atoms with Crippen molar-refractivity contribution in [2.45, 2.75) is 37.5 Å². The average molecular weight is 466 g/mol. The lowest BCUT2D eigenvalue weighted by molar-refractivity contribution is 0.361. The van der Waals surface area contributed by atoms with E-state index in [2.05, 4.69) is 103 Å². The Balaban J connectivity index is 1.52. The average Bonchev–Trinajstić information content (AvgIpc) is 3.52. The minimum Gasteiger partial charge on any atom is -0.489 e. The first-order valence-corrected chi connectivity index (χ1v) is 15.8. The van der Waals surface area contributed by atoms with Gasteiger partial charge in [-0.1, -0.05) is 105 Å². The standard InChI is InChI=1S/C31H35NOSi/c1-4-21-33-31-25(15-12-18-26(31)24-13-6-5-7-14-24)23-34(2,3)30-22-29(32-19-10-11-20-32)27-16-8-9-17-28(27)30/h4-9,12-18,22,30H,1,10-11,19-21,23H2,2-3H3. The molecule has 0 aromatic heterocycles. The summed E-state index contributed by atoms with van der Waals surface area (Å²) in [5, 5.41) is 0. The second-order valence-electron chi connectivity index (χ2n) is 10.2. The van der Waals surface area contributed by atoms with Gasteiger partial charge in [-0.3, -0.25) is 0 Å². The van der Waals surface area contributed by atoms with Crippen LogP contribution in [0, 0.1) is 0 Å². The van der Waals surface area contributed by atoms with E-state index in [1.165, 1.54) is 59.4 Å². The predicted octanol–water partition coefficient (Wildman–Crippen LogP) is 7.48. The Bertz CT molecular complexity index is 1190. The van der Waals surface area contributed by atoms with Gasteiger partial charge in [0.1, 0.15) is 12.4 Å². The molecule has 1 fully saturated rings. The maximum atomic E-state index is 6.33. The van der Waals surface area contributed by atoms with Crippen LogP contribution in [0.15, 0.2) is 91.5 Å². The van der Waals surface area contributed by atoms with E-state index in [1.807, 2.05) is 6.08 Å². The quantitative estimate of drug-likeness (QED) is 0.252. The van der Waals surface area contributed by atoms with E-state index in [0.29, 0.717) is 12.1 Å². The first-order chi connectivity index (χ1) is 16.6. The monoisotopic (exact) mass is 465 g/mol. The smallest absolute Gasteiger partial charge is 0.130 e. The lowest BCUT2D eigenvalue weighted by atomic mass is 10.0. The molecule has 3 aromatic carbocycles. The highest BCUT2D eigenvalue weighted by Gasteiger charge is 2.39. The Labute approximate surface area is 205 Å². The Hall–Kier alpha value is -3.04. The van der Waals surface area contributed by atoms with Crippen LogP contribution < -0.4 is 4.74 Å². The number of allylic oxidation sites excluding steroid dienone is 1. The van der Waals surface area contributed by atoms with Crippen LogP contribution in [0.2, 0.25) is 13.1 Å². The summed E-state index contributed by atoms with van der Waals surface area (Å²) in [5.74, 6) is 1.02. The molecule has 174 valence electrons. The van der Waals surface area contributed by atoms with Crippen LogP contribution in [0.5, 0.6) is 5.75 Å². The molecule has 1 unspecified atom stereocenters. The zero-order valence-corrected chi connectivity index (χ0v) is 21.5. The molecule has 2 nitrogen and oxygen atoms in total. The van der Waals surface area contributed by atoms with Gasteiger partial charge in [0.25, 0.3) is 0 Å². The molecular weight excluding hydrogens is 430 g/mol. The molecule has 0 saturated carbocycles. The summed E-state index contributed by atoms with van der Waals surface area (Å²) in [6, 6.07) is 27.4. The van der Waals surface area contributed by atoms with Crippen molar-refractivity contribution in [1.82, 2.24) is 4.90 Å². The van der Waals surface area contributed by atoms with Crippen LogP contribution in [0.25, 0.3) is 16.8 Å². The van der Waals surface area contributed by atoms with Crippen LogP contribution in [0.1, 0.15) is 35.1 Å². The molecule has 1 aliphatic heterocycles. The van der Waals surface area contributed by atoms with Gasteiger partial charge < -0.3 is 9.64 Å². The van der Waals surface area contributed by atoms with Gasteiger partial charge in [0, 0.05) is 29.9 Å². The number of likely N-dealkylation sites (tertiary alicyclic amines) is 1. The number of rotatable bonds is 8. The third-order valence-corrected chi connectivity index (χ3v) is 10.8. The Morgan fingerprint density at radius 3 is 2.38 bits per heavy atom. The molecule has 0 N–H and O–H groups in total. The van der Waals surface area contributed by atoms with Crippen LogP contribution in [0.4, 0.5) is 0 Å². The number of para-hydroxylation sites is 1. The third kappa shape index (κ3) is 4.37. The molecular formula is C31H35NOSi. The van der Waals surface area contributed by atoms with Crippen molar-refractivity contribution in [3.8, 4) is 16.9 Å². The molecule has 5 rings (SSSR count). The van der Waals surface area contributed by atoms with E-state index in [4.69, 9.17) is 4.74 Å². The number of benzene rings is 3.